The molecule has 0 atom stereocenters. The van der Waals surface area contributed by atoms with Crippen molar-refractivity contribution in [3.63, 3.8) is 0 Å². The van der Waals surface area contributed by atoms with Crippen LogP contribution in [0.4, 0.5) is 0 Å². The zero-order chi connectivity index (χ0) is 15.7. The molecule has 2 rings (SSSR count). The number of nitrogens with zero attached hydrogens (tertiary/aromatic N) is 2. The number of sulfonamides is 1. The van der Waals surface area contributed by atoms with Crippen LogP contribution in [0.1, 0.15) is 32.6 Å². The van der Waals surface area contributed by atoms with Gasteiger partial charge in [0.25, 0.3) is 10.0 Å². The second-order valence-electron chi connectivity index (χ2n) is 5.89. The van der Waals surface area contributed by atoms with E-state index in [1.165, 1.54) is 24.0 Å². The van der Waals surface area contributed by atoms with E-state index in [1.54, 1.807) is 0 Å². The molecular weight excluding hydrogens is 294 g/mol. The van der Waals surface area contributed by atoms with Crippen LogP contribution in [0.5, 0.6) is 0 Å². The lowest BCUT2D eigenvalue weighted by Crippen LogP contribution is -2.45. The molecule has 2 N–H and O–H groups in total. The summed E-state index contributed by atoms with van der Waals surface area (Å²) in [4.78, 5) is 11.6. The number of hydrogen-bond acceptors (Lipinski definition) is 4. The molecule has 118 valence electrons. The van der Waals surface area contributed by atoms with E-state index in [0.29, 0.717) is 18.8 Å². The SMILES string of the molecule is CC1CCC(CNS(=O)(=O)c2ccnn2C)(C(=O)O)CC1. The van der Waals surface area contributed by atoms with Crippen LogP contribution in [-0.2, 0) is 21.9 Å². The summed E-state index contributed by atoms with van der Waals surface area (Å²) in [6.07, 6.45) is 4.00. The van der Waals surface area contributed by atoms with Gasteiger partial charge in [0, 0.05) is 13.6 Å². The highest BCUT2D eigenvalue weighted by molar-refractivity contribution is 7.89. The third-order valence-corrected chi connectivity index (χ3v) is 5.81. The number of nitrogens with one attached hydrogen (secondary N) is 1. The molecule has 1 aliphatic rings. The Morgan fingerprint density at radius 2 is 2.14 bits per heavy atom. The third kappa shape index (κ3) is 3.26. The van der Waals surface area contributed by atoms with Crippen molar-refractivity contribution in [3.05, 3.63) is 12.3 Å². The van der Waals surface area contributed by atoms with Crippen LogP contribution in [-0.4, -0.2) is 35.8 Å². The Bertz CT molecular complexity index is 615. The molecule has 0 aliphatic heterocycles. The molecule has 7 nitrogen and oxygen atoms in total. The van der Waals surface area contributed by atoms with Gasteiger partial charge >= 0.3 is 5.97 Å². The molecule has 0 saturated heterocycles. The second kappa shape index (κ2) is 5.76. The first-order chi connectivity index (χ1) is 9.77. The molecule has 1 aliphatic carbocycles. The van der Waals surface area contributed by atoms with E-state index < -0.39 is 21.4 Å². The predicted octanol–water partition coefficient (Wildman–Crippen LogP) is 0.979. The highest BCUT2D eigenvalue weighted by Crippen LogP contribution is 2.38. The highest BCUT2D eigenvalue weighted by Gasteiger charge is 2.42. The second-order valence-corrected chi connectivity index (χ2v) is 7.60. The van der Waals surface area contributed by atoms with E-state index in [4.69, 9.17) is 0 Å². The molecule has 1 aromatic heterocycles. The molecule has 8 heteroatoms. The summed E-state index contributed by atoms with van der Waals surface area (Å²) in [6, 6.07) is 1.39. The van der Waals surface area contributed by atoms with E-state index in [2.05, 4.69) is 16.7 Å². The van der Waals surface area contributed by atoms with Crippen LogP contribution >= 0.6 is 0 Å². The van der Waals surface area contributed by atoms with E-state index in [-0.39, 0.29) is 11.6 Å². The van der Waals surface area contributed by atoms with Gasteiger partial charge in [0.1, 0.15) is 0 Å². The van der Waals surface area contributed by atoms with E-state index in [1.807, 2.05) is 0 Å². The fourth-order valence-electron chi connectivity index (χ4n) is 2.71. The first-order valence-electron chi connectivity index (χ1n) is 6.98. The van der Waals surface area contributed by atoms with Gasteiger partial charge in [-0.1, -0.05) is 6.92 Å². The van der Waals surface area contributed by atoms with Gasteiger partial charge in [0.15, 0.2) is 5.03 Å². The summed E-state index contributed by atoms with van der Waals surface area (Å²) in [5.74, 6) is -0.437. The maximum atomic E-state index is 12.2. The van der Waals surface area contributed by atoms with Crippen molar-refractivity contribution in [1.29, 1.82) is 0 Å². The molecular formula is C13H21N3O4S. The largest absolute Gasteiger partial charge is 0.481 e. The van der Waals surface area contributed by atoms with Crippen molar-refractivity contribution in [2.75, 3.05) is 6.54 Å². The van der Waals surface area contributed by atoms with Gasteiger partial charge in [-0.25, -0.2) is 13.1 Å². The van der Waals surface area contributed by atoms with Gasteiger partial charge in [-0.3, -0.25) is 9.48 Å². The molecule has 21 heavy (non-hydrogen) atoms. The fraction of sp³-hybridized carbons (Fsp3) is 0.692. The normalized spacial score (nSPS) is 26.7. The molecule has 0 bridgehead atoms. The van der Waals surface area contributed by atoms with Crippen molar-refractivity contribution in [2.45, 2.75) is 37.6 Å². The number of rotatable bonds is 5. The summed E-state index contributed by atoms with van der Waals surface area (Å²) in [6.45, 7) is 2.01. The van der Waals surface area contributed by atoms with Gasteiger partial charge in [0.05, 0.1) is 11.6 Å². The molecule has 0 amide bonds. The summed E-state index contributed by atoms with van der Waals surface area (Å²) in [5, 5.41) is 13.4. The lowest BCUT2D eigenvalue weighted by atomic mass is 9.71. The van der Waals surface area contributed by atoms with Gasteiger partial charge < -0.3 is 5.11 Å². The Kier molecular flexibility index (Phi) is 4.38. The minimum atomic E-state index is -3.75. The van der Waals surface area contributed by atoms with Crippen LogP contribution in [0.3, 0.4) is 0 Å². The molecule has 1 aromatic rings. The van der Waals surface area contributed by atoms with Crippen LogP contribution in [0.2, 0.25) is 0 Å². The molecule has 1 heterocycles. The standard InChI is InChI=1S/C13H21N3O4S/c1-10-3-6-13(7-4-10,12(17)18)9-15-21(19,20)11-5-8-14-16(11)2/h5,8,10,15H,3-4,6-7,9H2,1-2H3,(H,17,18). The number of aliphatic carboxylic acids is 1. The lowest BCUT2D eigenvalue weighted by molar-refractivity contribution is -0.151. The fourth-order valence-corrected chi connectivity index (χ4v) is 3.96. The molecule has 0 unspecified atom stereocenters. The number of hydrogen-bond donors (Lipinski definition) is 2. The van der Waals surface area contributed by atoms with E-state index >= 15 is 0 Å². The maximum absolute atomic E-state index is 12.2. The monoisotopic (exact) mass is 315 g/mol. The Balaban J connectivity index is 2.13. The molecule has 1 fully saturated rings. The third-order valence-electron chi connectivity index (χ3n) is 4.34. The first kappa shape index (κ1) is 16.0. The number of carbonyl (C=O) groups is 1. The average Bonchev–Trinajstić information content (AvgIpc) is 2.85. The summed E-state index contributed by atoms with van der Waals surface area (Å²) < 4.78 is 28.1. The minimum Gasteiger partial charge on any atom is -0.481 e. The zero-order valence-corrected chi connectivity index (χ0v) is 13.1. The minimum absolute atomic E-state index is 0.0345. The molecule has 1 saturated carbocycles. The molecule has 0 spiro atoms. The van der Waals surface area contributed by atoms with Crippen LogP contribution in [0.15, 0.2) is 17.3 Å². The number of aromatic nitrogens is 2. The number of carboxylic acids is 1. The topological polar surface area (TPSA) is 101 Å². The zero-order valence-electron chi connectivity index (χ0n) is 12.2. The summed E-state index contributed by atoms with van der Waals surface area (Å²) >= 11 is 0. The molecule has 0 aromatic carbocycles. The Labute approximate surface area is 124 Å². The van der Waals surface area contributed by atoms with Crippen molar-refractivity contribution < 1.29 is 18.3 Å². The predicted molar refractivity (Wildman–Crippen MR) is 76.1 cm³/mol. The van der Waals surface area contributed by atoms with E-state index in [0.717, 1.165) is 12.8 Å². The number of carboxylic acid groups (broad SMARTS) is 1. The van der Waals surface area contributed by atoms with Crippen LogP contribution < -0.4 is 4.72 Å². The van der Waals surface area contributed by atoms with Crippen LogP contribution in [0.25, 0.3) is 0 Å². The van der Waals surface area contributed by atoms with Crippen molar-refractivity contribution in [2.24, 2.45) is 18.4 Å². The van der Waals surface area contributed by atoms with Crippen LogP contribution in [0, 0.1) is 11.3 Å². The first-order valence-corrected chi connectivity index (χ1v) is 8.46. The number of aryl methyl sites for hydroxylation is 1. The van der Waals surface area contributed by atoms with Crippen molar-refractivity contribution >= 4 is 16.0 Å². The molecule has 0 radical (unpaired) electrons. The Morgan fingerprint density at radius 1 is 1.52 bits per heavy atom. The Hall–Kier alpha value is -1.41. The van der Waals surface area contributed by atoms with Gasteiger partial charge in [-0.05, 0) is 37.7 Å². The lowest BCUT2D eigenvalue weighted by Gasteiger charge is -2.35. The average molecular weight is 315 g/mol. The Morgan fingerprint density at radius 3 is 2.62 bits per heavy atom. The maximum Gasteiger partial charge on any atom is 0.310 e. The van der Waals surface area contributed by atoms with Gasteiger partial charge in [-0.15, -0.1) is 0 Å². The smallest absolute Gasteiger partial charge is 0.310 e. The summed E-state index contributed by atoms with van der Waals surface area (Å²) in [5.41, 5.74) is -1.00. The summed E-state index contributed by atoms with van der Waals surface area (Å²) in [7, 11) is -2.21. The quantitative estimate of drug-likeness (QED) is 0.843. The van der Waals surface area contributed by atoms with Gasteiger partial charge in [-0.2, -0.15) is 5.10 Å². The highest BCUT2D eigenvalue weighted by atomic mass is 32.2. The van der Waals surface area contributed by atoms with Crippen molar-refractivity contribution in [3.8, 4) is 0 Å². The van der Waals surface area contributed by atoms with Gasteiger partial charge in [0.2, 0.25) is 0 Å². The van der Waals surface area contributed by atoms with Crippen molar-refractivity contribution in [1.82, 2.24) is 14.5 Å². The van der Waals surface area contributed by atoms with E-state index in [9.17, 15) is 18.3 Å².